The molecule has 0 aromatic heterocycles. The van der Waals surface area contributed by atoms with Crippen LogP contribution >= 0.6 is 0 Å². The summed E-state index contributed by atoms with van der Waals surface area (Å²) >= 11 is 0. The number of carboxylic acids is 1. The number of amides is 2. The Morgan fingerprint density at radius 1 is 1.29 bits per heavy atom. The minimum absolute atomic E-state index is 0.00334. The Balaban J connectivity index is 1.69. The van der Waals surface area contributed by atoms with E-state index in [0.29, 0.717) is 19.4 Å². The highest BCUT2D eigenvalue weighted by Crippen LogP contribution is 2.29. The molecule has 2 aliphatic rings. The first kappa shape index (κ1) is 16.1. The fourth-order valence-electron chi connectivity index (χ4n) is 3.20. The van der Waals surface area contributed by atoms with Crippen molar-refractivity contribution in [3.8, 4) is 0 Å². The average molecular weight is 297 g/mol. The minimum atomic E-state index is -0.751. The molecule has 1 aliphatic heterocycles. The molecule has 0 spiro atoms. The maximum atomic E-state index is 11.9. The summed E-state index contributed by atoms with van der Waals surface area (Å²) in [5, 5.41) is 14.8. The summed E-state index contributed by atoms with van der Waals surface area (Å²) in [5.41, 5.74) is 0.170. The molecule has 1 saturated carbocycles. The van der Waals surface area contributed by atoms with Crippen molar-refractivity contribution in [2.24, 2.45) is 11.3 Å². The predicted octanol–water partition coefficient (Wildman–Crippen LogP) is 1.27. The van der Waals surface area contributed by atoms with Gasteiger partial charge < -0.3 is 20.6 Å². The zero-order chi connectivity index (χ0) is 15.5. The van der Waals surface area contributed by atoms with Crippen molar-refractivity contribution in [1.29, 1.82) is 0 Å². The number of piperidine rings is 1. The molecule has 6 nitrogen and oxygen atoms in total. The summed E-state index contributed by atoms with van der Waals surface area (Å²) in [4.78, 5) is 25.2. The Hall–Kier alpha value is -1.30. The second-order valence-electron chi connectivity index (χ2n) is 6.99. The predicted molar refractivity (Wildman–Crippen MR) is 80.1 cm³/mol. The van der Waals surface area contributed by atoms with E-state index in [1.165, 1.54) is 0 Å². The zero-order valence-corrected chi connectivity index (χ0v) is 13.0. The first-order valence-corrected chi connectivity index (χ1v) is 7.84. The topological polar surface area (TPSA) is 81.7 Å². The highest BCUT2D eigenvalue weighted by molar-refractivity contribution is 5.75. The fraction of sp³-hybridized carbons (Fsp3) is 0.867. The van der Waals surface area contributed by atoms with Crippen LogP contribution in [0.15, 0.2) is 0 Å². The second kappa shape index (κ2) is 6.64. The van der Waals surface area contributed by atoms with Gasteiger partial charge in [0.2, 0.25) is 0 Å². The van der Waals surface area contributed by atoms with Gasteiger partial charge in [-0.05, 0) is 57.7 Å². The molecule has 2 fully saturated rings. The monoisotopic (exact) mass is 297 g/mol. The third-order valence-electron chi connectivity index (χ3n) is 4.99. The molecule has 2 atom stereocenters. The molecular formula is C15H27N3O3. The molecule has 120 valence electrons. The SMILES string of the molecule is CN1CCC(C)(CNC(=O)N[C@H]2CC[C@@H](C(=O)O)C2)CC1. The van der Waals surface area contributed by atoms with Gasteiger partial charge in [-0.25, -0.2) is 4.79 Å². The Morgan fingerprint density at radius 2 is 1.95 bits per heavy atom. The van der Waals surface area contributed by atoms with Gasteiger partial charge in [0.1, 0.15) is 0 Å². The number of nitrogens with zero attached hydrogens (tertiary/aromatic N) is 1. The number of hydrogen-bond donors (Lipinski definition) is 3. The summed E-state index contributed by atoms with van der Waals surface area (Å²) < 4.78 is 0. The molecular weight excluding hydrogens is 270 g/mol. The molecule has 0 aromatic rings. The van der Waals surface area contributed by atoms with E-state index in [2.05, 4.69) is 29.5 Å². The van der Waals surface area contributed by atoms with E-state index in [1.807, 2.05) is 0 Å². The fourth-order valence-corrected chi connectivity index (χ4v) is 3.20. The molecule has 0 radical (unpaired) electrons. The van der Waals surface area contributed by atoms with Gasteiger partial charge in [0.05, 0.1) is 5.92 Å². The van der Waals surface area contributed by atoms with Crippen LogP contribution in [0.25, 0.3) is 0 Å². The van der Waals surface area contributed by atoms with Crippen LogP contribution in [0.1, 0.15) is 39.0 Å². The number of likely N-dealkylation sites (tertiary alicyclic amines) is 1. The molecule has 2 rings (SSSR count). The highest BCUT2D eigenvalue weighted by atomic mass is 16.4. The standard InChI is InChI=1S/C15H27N3O3/c1-15(5-7-18(2)8-6-15)10-16-14(21)17-12-4-3-11(9-12)13(19)20/h11-12H,3-10H2,1-2H3,(H,19,20)(H2,16,17,21)/t11-,12+/m1/s1. The maximum Gasteiger partial charge on any atom is 0.315 e. The lowest BCUT2D eigenvalue weighted by Crippen LogP contribution is -2.47. The summed E-state index contributed by atoms with van der Waals surface area (Å²) in [6.45, 7) is 5.05. The molecule has 1 saturated heterocycles. The summed E-state index contributed by atoms with van der Waals surface area (Å²) in [6.07, 6.45) is 4.14. The number of urea groups is 1. The molecule has 6 heteroatoms. The summed E-state index contributed by atoms with van der Waals surface area (Å²) in [5.74, 6) is -1.06. The summed E-state index contributed by atoms with van der Waals surface area (Å²) in [6, 6.07) is -0.164. The van der Waals surface area contributed by atoms with E-state index >= 15 is 0 Å². The highest BCUT2D eigenvalue weighted by Gasteiger charge is 2.32. The van der Waals surface area contributed by atoms with Crippen LogP contribution in [0.2, 0.25) is 0 Å². The number of carboxylic acid groups (broad SMARTS) is 1. The van der Waals surface area contributed by atoms with Crippen LogP contribution < -0.4 is 10.6 Å². The van der Waals surface area contributed by atoms with E-state index in [1.54, 1.807) is 0 Å². The first-order chi connectivity index (χ1) is 9.88. The smallest absolute Gasteiger partial charge is 0.315 e. The van der Waals surface area contributed by atoms with Gasteiger partial charge in [-0.3, -0.25) is 4.79 Å². The average Bonchev–Trinajstić information content (AvgIpc) is 2.89. The molecule has 3 N–H and O–H groups in total. The second-order valence-corrected chi connectivity index (χ2v) is 6.99. The third-order valence-corrected chi connectivity index (χ3v) is 4.99. The van der Waals surface area contributed by atoms with E-state index in [4.69, 9.17) is 5.11 Å². The van der Waals surface area contributed by atoms with Gasteiger partial charge in [-0.15, -0.1) is 0 Å². The van der Waals surface area contributed by atoms with Crippen molar-refractivity contribution in [2.45, 2.75) is 45.1 Å². The quantitative estimate of drug-likeness (QED) is 0.730. The van der Waals surface area contributed by atoms with E-state index in [9.17, 15) is 9.59 Å². The van der Waals surface area contributed by atoms with Gasteiger partial charge in [-0.2, -0.15) is 0 Å². The van der Waals surface area contributed by atoms with Crippen LogP contribution in [0, 0.1) is 11.3 Å². The minimum Gasteiger partial charge on any atom is -0.481 e. The number of carbonyl (C=O) groups is 2. The Kier molecular flexibility index (Phi) is 5.08. The zero-order valence-electron chi connectivity index (χ0n) is 13.0. The molecule has 0 aromatic carbocycles. The lowest BCUT2D eigenvalue weighted by molar-refractivity contribution is -0.141. The largest absolute Gasteiger partial charge is 0.481 e. The first-order valence-electron chi connectivity index (χ1n) is 7.84. The molecule has 0 unspecified atom stereocenters. The van der Waals surface area contributed by atoms with Crippen molar-refractivity contribution in [2.75, 3.05) is 26.7 Å². The van der Waals surface area contributed by atoms with Crippen LogP contribution in [-0.4, -0.2) is 54.7 Å². The van der Waals surface area contributed by atoms with Crippen molar-refractivity contribution in [3.05, 3.63) is 0 Å². The van der Waals surface area contributed by atoms with Crippen LogP contribution in [0.5, 0.6) is 0 Å². The normalized spacial score (nSPS) is 29.0. The molecule has 0 bridgehead atoms. The van der Waals surface area contributed by atoms with E-state index in [0.717, 1.165) is 32.4 Å². The Bertz CT molecular complexity index is 392. The molecule has 1 heterocycles. The number of aliphatic carboxylic acids is 1. The Labute approximate surface area is 126 Å². The maximum absolute atomic E-state index is 11.9. The van der Waals surface area contributed by atoms with Gasteiger partial charge in [0, 0.05) is 12.6 Å². The molecule has 1 aliphatic carbocycles. The van der Waals surface area contributed by atoms with Crippen molar-refractivity contribution >= 4 is 12.0 Å². The number of carbonyl (C=O) groups excluding carboxylic acids is 1. The lowest BCUT2D eigenvalue weighted by atomic mass is 9.80. The summed E-state index contributed by atoms with van der Waals surface area (Å²) in [7, 11) is 2.12. The molecule has 2 amide bonds. The van der Waals surface area contributed by atoms with Gasteiger partial charge in [0.15, 0.2) is 0 Å². The van der Waals surface area contributed by atoms with E-state index < -0.39 is 5.97 Å². The third kappa shape index (κ3) is 4.59. The van der Waals surface area contributed by atoms with E-state index in [-0.39, 0.29) is 23.4 Å². The Morgan fingerprint density at radius 3 is 2.52 bits per heavy atom. The number of hydrogen-bond acceptors (Lipinski definition) is 3. The van der Waals surface area contributed by atoms with Crippen LogP contribution in [-0.2, 0) is 4.79 Å². The lowest BCUT2D eigenvalue weighted by Gasteiger charge is -2.38. The van der Waals surface area contributed by atoms with Crippen molar-refractivity contribution in [3.63, 3.8) is 0 Å². The number of rotatable bonds is 4. The van der Waals surface area contributed by atoms with Crippen LogP contribution in [0.3, 0.4) is 0 Å². The van der Waals surface area contributed by atoms with Crippen molar-refractivity contribution < 1.29 is 14.7 Å². The van der Waals surface area contributed by atoms with Crippen molar-refractivity contribution in [1.82, 2.24) is 15.5 Å². The number of nitrogens with one attached hydrogen (secondary N) is 2. The van der Waals surface area contributed by atoms with Gasteiger partial charge >= 0.3 is 12.0 Å². The molecule has 21 heavy (non-hydrogen) atoms. The van der Waals surface area contributed by atoms with Gasteiger partial charge in [-0.1, -0.05) is 6.92 Å². The van der Waals surface area contributed by atoms with Gasteiger partial charge in [0.25, 0.3) is 0 Å². The van der Waals surface area contributed by atoms with Crippen LogP contribution in [0.4, 0.5) is 4.79 Å².